The maximum atomic E-state index is 11.5. The Bertz CT molecular complexity index is 672. The Morgan fingerprint density at radius 3 is 2.22 bits per heavy atom. The summed E-state index contributed by atoms with van der Waals surface area (Å²) >= 11 is 0. The van der Waals surface area contributed by atoms with E-state index in [-0.39, 0.29) is 24.1 Å². The Balaban J connectivity index is 0. The number of ether oxygens (including phenoxy) is 1. The summed E-state index contributed by atoms with van der Waals surface area (Å²) in [6, 6.07) is 5.72. The molecule has 0 bridgehead atoms. The van der Waals surface area contributed by atoms with Crippen molar-refractivity contribution in [1.29, 1.82) is 0 Å². The number of benzene rings is 1. The van der Waals surface area contributed by atoms with Gasteiger partial charge in [0.1, 0.15) is 12.0 Å². The second-order valence-electron chi connectivity index (χ2n) is 7.61. The first-order valence-corrected chi connectivity index (χ1v) is 11.2. The molecule has 1 unspecified atom stereocenters. The van der Waals surface area contributed by atoms with Crippen molar-refractivity contribution in [3.05, 3.63) is 29.3 Å². The first kappa shape index (κ1) is 31.5. The summed E-state index contributed by atoms with van der Waals surface area (Å²) in [4.78, 5) is 41.2. The van der Waals surface area contributed by atoms with E-state index in [2.05, 4.69) is 19.2 Å². The number of nitrogens with one attached hydrogen (secondary N) is 1. The molecule has 182 valence electrons. The molecule has 1 atom stereocenters. The molecular formula is C25H41NO6. The van der Waals surface area contributed by atoms with Crippen molar-refractivity contribution in [1.82, 2.24) is 5.32 Å². The maximum Gasteiger partial charge on any atom is 0.290 e. The molecule has 0 saturated heterocycles. The van der Waals surface area contributed by atoms with E-state index in [0.29, 0.717) is 18.8 Å². The van der Waals surface area contributed by atoms with Gasteiger partial charge in [0.2, 0.25) is 5.91 Å². The molecule has 2 N–H and O–H groups in total. The van der Waals surface area contributed by atoms with Crippen LogP contribution in [0.25, 0.3) is 0 Å². The molecular weight excluding hydrogens is 410 g/mol. The number of hydrogen-bond acceptors (Lipinski definition) is 5. The topological polar surface area (TPSA) is 110 Å². The van der Waals surface area contributed by atoms with Crippen LogP contribution in [-0.2, 0) is 20.8 Å². The third-order valence-corrected chi connectivity index (χ3v) is 4.89. The second-order valence-corrected chi connectivity index (χ2v) is 7.61. The number of carbonyl (C=O) groups excluding carboxylic acids is 3. The van der Waals surface area contributed by atoms with Gasteiger partial charge in [0, 0.05) is 30.5 Å². The number of carboxylic acid groups (broad SMARTS) is 1. The van der Waals surface area contributed by atoms with Gasteiger partial charge in [-0.3, -0.25) is 14.4 Å². The van der Waals surface area contributed by atoms with E-state index in [4.69, 9.17) is 14.6 Å². The number of Topliss-reactive ketones (excluding diaryl/α,β-unsaturated/α-hetero) is 1. The SMILES string of the molecule is CCCCCOc1cccc(C(C)=O)c1CC.CNC(=O)CCC(C=O)C(C)C.O=CO. The normalized spacial score (nSPS) is 10.6. The summed E-state index contributed by atoms with van der Waals surface area (Å²) in [5, 5.41) is 9.42. The van der Waals surface area contributed by atoms with E-state index >= 15 is 0 Å². The number of unbranched alkanes of at least 4 members (excludes halogenated alkanes) is 2. The van der Waals surface area contributed by atoms with Gasteiger partial charge < -0.3 is 20.0 Å². The van der Waals surface area contributed by atoms with Crippen LogP contribution in [0.3, 0.4) is 0 Å². The lowest BCUT2D eigenvalue weighted by molar-refractivity contribution is -0.123. The van der Waals surface area contributed by atoms with Crippen molar-refractivity contribution in [2.75, 3.05) is 13.7 Å². The number of ketones is 1. The molecule has 0 fully saturated rings. The Kier molecular flexibility index (Phi) is 19.9. The van der Waals surface area contributed by atoms with Crippen LogP contribution in [0.5, 0.6) is 5.75 Å². The van der Waals surface area contributed by atoms with Crippen molar-refractivity contribution < 1.29 is 29.0 Å². The summed E-state index contributed by atoms with van der Waals surface area (Å²) in [5.74, 6) is 1.33. The van der Waals surface area contributed by atoms with Crippen LogP contribution < -0.4 is 10.1 Å². The zero-order valence-corrected chi connectivity index (χ0v) is 20.5. The molecule has 1 rings (SSSR count). The number of carbonyl (C=O) groups is 4. The molecule has 1 aromatic carbocycles. The fraction of sp³-hybridized carbons (Fsp3) is 0.600. The molecule has 0 radical (unpaired) electrons. The highest BCUT2D eigenvalue weighted by molar-refractivity contribution is 5.96. The first-order chi connectivity index (χ1) is 15.2. The highest BCUT2D eigenvalue weighted by Gasteiger charge is 2.13. The zero-order valence-electron chi connectivity index (χ0n) is 20.5. The van der Waals surface area contributed by atoms with E-state index < -0.39 is 0 Å². The summed E-state index contributed by atoms with van der Waals surface area (Å²) in [6.07, 6.45) is 6.32. The molecule has 0 heterocycles. The number of aldehydes is 1. The van der Waals surface area contributed by atoms with Crippen LogP contribution >= 0.6 is 0 Å². The van der Waals surface area contributed by atoms with E-state index in [1.165, 1.54) is 12.8 Å². The molecule has 1 aromatic rings. The average molecular weight is 452 g/mol. The Labute approximate surface area is 192 Å². The average Bonchev–Trinajstić information content (AvgIpc) is 2.77. The predicted octanol–water partition coefficient (Wildman–Crippen LogP) is 4.71. The van der Waals surface area contributed by atoms with Crippen LogP contribution in [0.15, 0.2) is 18.2 Å². The van der Waals surface area contributed by atoms with Crippen molar-refractivity contribution >= 4 is 24.4 Å². The van der Waals surface area contributed by atoms with Crippen LogP contribution in [0, 0.1) is 11.8 Å². The van der Waals surface area contributed by atoms with Gasteiger partial charge in [-0.15, -0.1) is 0 Å². The molecule has 0 saturated carbocycles. The van der Waals surface area contributed by atoms with Crippen molar-refractivity contribution in [3.63, 3.8) is 0 Å². The molecule has 0 spiro atoms. The third kappa shape index (κ3) is 14.3. The molecule has 7 heteroatoms. The minimum Gasteiger partial charge on any atom is -0.493 e. The molecule has 32 heavy (non-hydrogen) atoms. The lowest BCUT2D eigenvalue weighted by Gasteiger charge is -2.13. The van der Waals surface area contributed by atoms with E-state index in [1.807, 2.05) is 32.0 Å². The third-order valence-electron chi connectivity index (χ3n) is 4.89. The highest BCUT2D eigenvalue weighted by atomic mass is 16.5. The van der Waals surface area contributed by atoms with E-state index in [1.54, 1.807) is 14.0 Å². The Morgan fingerprint density at radius 2 is 1.78 bits per heavy atom. The smallest absolute Gasteiger partial charge is 0.290 e. The van der Waals surface area contributed by atoms with Gasteiger partial charge in [0.25, 0.3) is 6.47 Å². The minimum absolute atomic E-state index is 0.00231. The Morgan fingerprint density at radius 1 is 1.16 bits per heavy atom. The zero-order chi connectivity index (χ0) is 24.9. The Hall–Kier alpha value is -2.70. The summed E-state index contributed by atoms with van der Waals surface area (Å²) < 4.78 is 5.77. The monoisotopic (exact) mass is 451 g/mol. The second kappa shape index (κ2) is 20.2. The van der Waals surface area contributed by atoms with Gasteiger partial charge in [-0.1, -0.05) is 52.7 Å². The van der Waals surface area contributed by atoms with E-state index in [9.17, 15) is 14.4 Å². The van der Waals surface area contributed by atoms with Crippen LogP contribution in [0.2, 0.25) is 0 Å². The predicted molar refractivity (Wildman–Crippen MR) is 127 cm³/mol. The van der Waals surface area contributed by atoms with Crippen molar-refractivity contribution in [3.8, 4) is 5.75 Å². The van der Waals surface area contributed by atoms with Crippen LogP contribution in [0.4, 0.5) is 0 Å². The number of amides is 1. The molecule has 0 aromatic heterocycles. The fourth-order valence-electron chi connectivity index (χ4n) is 2.91. The summed E-state index contributed by atoms with van der Waals surface area (Å²) in [5.41, 5.74) is 1.83. The van der Waals surface area contributed by atoms with Gasteiger partial charge in [0.05, 0.1) is 6.61 Å². The standard InChI is InChI=1S/C15H22O2.C9H17NO2.CH2O2/c1-4-6-7-11-17-15-10-8-9-14(12(3)16)13(15)5-2;1-7(2)8(6-11)4-5-9(12)10-3;2-1-3/h8-10H,4-7,11H2,1-3H3;6-8H,4-5H2,1-3H3,(H,10,12);1H,(H,2,3). The number of rotatable bonds is 12. The van der Waals surface area contributed by atoms with E-state index in [0.717, 1.165) is 42.6 Å². The summed E-state index contributed by atoms with van der Waals surface area (Å²) in [7, 11) is 1.60. The minimum atomic E-state index is -0.250. The van der Waals surface area contributed by atoms with Crippen molar-refractivity contribution in [2.24, 2.45) is 11.8 Å². The molecule has 1 amide bonds. The maximum absolute atomic E-state index is 11.5. The molecule has 0 aliphatic rings. The highest BCUT2D eigenvalue weighted by Crippen LogP contribution is 2.24. The fourth-order valence-corrected chi connectivity index (χ4v) is 2.91. The lowest BCUT2D eigenvalue weighted by atomic mass is 9.93. The lowest BCUT2D eigenvalue weighted by Crippen LogP contribution is -2.20. The van der Waals surface area contributed by atoms with Gasteiger partial charge in [0.15, 0.2) is 5.78 Å². The van der Waals surface area contributed by atoms with Gasteiger partial charge >= 0.3 is 0 Å². The van der Waals surface area contributed by atoms with Gasteiger partial charge in [-0.25, -0.2) is 0 Å². The van der Waals surface area contributed by atoms with Crippen LogP contribution in [-0.4, -0.2) is 43.2 Å². The largest absolute Gasteiger partial charge is 0.493 e. The van der Waals surface area contributed by atoms with Crippen molar-refractivity contribution in [2.45, 2.75) is 73.1 Å². The molecule has 0 aliphatic heterocycles. The van der Waals surface area contributed by atoms with Gasteiger partial charge in [-0.2, -0.15) is 0 Å². The summed E-state index contributed by atoms with van der Waals surface area (Å²) in [6.45, 7) is 10.3. The molecule has 7 nitrogen and oxygen atoms in total. The number of hydrogen-bond donors (Lipinski definition) is 2. The quantitative estimate of drug-likeness (QED) is 0.271. The molecule has 0 aliphatic carbocycles. The van der Waals surface area contributed by atoms with Gasteiger partial charge in [-0.05, 0) is 38.2 Å². The first-order valence-electron chi connectivity index (χ1n) is 11.2. The van der Waals surface area contributed by atoms with Crippen LogP contribution in [0.1, 0.15) is 82.6 Å².